The third-order valence-corrected chi connectivity index (χ3v) is 6.29. The Balaban J connectivity index is 1.60. The fourth-order valence-electron chi connectivity index (χ4n) is 5.17. The SMILES string of the molecule is COc1ccc(OC)c(N2C(=O)[C@@H]3[C@@H]4C=C[C@H]([C@@H]5C[C@H]45)[C@@H]3C2=O)c1. The van der Waals surface area contributed by atoms with Gasteiger partial charge in [-0.1, -0.05) is 12.2 Å². The predicted molar refractivity (Wildman–Crippen MR) is 86.7 cm³/mol. The van der Waals surface area contributed by atoms with Crippen LogP contribution in [-0.4, -0.2) is 26.0 Å². The molecule has 1 aromatic carbocycles. The maximum absolute atomic E-state index is 13.1. The van der Waals surface area contributed by atoms with Gasteiger partial charge in [-0.15, -0.1) is 0 Å². The van der Waals surface area contributed by atoms with E-state index in [-0.39, 0.29) is 35.5 Å². The molecule has 6 atom stereocenters. The fraction of sp³-hybridized carbons (Fsp3) is 0.474. The molecule has 124 valence electrons. The summed E-state index contributed by atoms with van der Waals surface area (Å²) in [5.41, 5.74) is 0.495. The lowest BCUT2D eigenvalue weighted by Crippen LogP contribution is -2.40. The minimum absolute atomic E-state index is 0.0822. The summed E-state index contributed by atoms with van der Waals surface area (Å²) >= 11 is 0. The number of methoxy groups -OCH3 is 2. The van der Waals surface area contributed by atoms with Crippen molar-refractivity contribution in [3.05, 3.63) is 30.4 Å². The maximum atomic E-state index is 13.1. The first-order valence-electron chi connectivity index (χ1n) is 8.44. The van der Waals surface area contributed by atoms with Crippen molar-refractivity contribution in [2.45, 2.75) is 6.42 Å². The molecule has 0 aromatic heterocycles. The molecule has 3 fully saturated rings. The first-order chi connectivity index (χ1) is 11.7. The van der Waals surface area contributed by atoms with Crippen molar-refractivity contribution in [3.8, 4) is 11.5 Å². The van der Waals surface area contributed by atoms with Crippen LogP contribution >= 0.6 is 0 Å². The van der Waals surface area contributed by atoms with Gasteiger partial charge in [0, 0.05) is 6.07 Å². The Kier molecular flexibility index (Phi) is 2.71. The van der Waals surface area contributed by atoms with Crippen LogP contribution in [-0.2, 0) is 9.59 Å². The van der Waals surface area contributed by atoms with E-state index in [4.69, 9.17) is 9.47 Å². The molecule has 5 aliphatic rings. The van der Waals surface area contributed by atoms with Gasteiger partial charge in [0.25, 0.3) is 0 Å². The number of benzene rings is 1. The van der Waals surface area contributed by atoms with E-state index in [1.165, 1.54) is 11.3 Å². The van der Waals surface area contributed by atoms with E-state index in [9.17, 15) is 9.59 Å². The second-order valence-corrected chi connectivity index (χ2v) is 7.20. The molecule has 2 saturated carbocycles. The summed E-state index contributed by atoms with van der Waals surface area (Å²) in [4.78, 5) is 27.6. The van der Waals surface area contributed by atoms with Crippen LogP contribution in [0.2, 0.25) is 0 Å². The molecule has 6 rings (SSSR count). The van der Waals surface area contributed by atoms with Crippen LogP contribution in [0.1, 0.15) is 6.42 Å². The van der Waals surface area contributed by atoms with Gasteiger partial charge in [0.15, 0.2) is 0 Å². The van der Waals surface area contributed by atoms with E-state index >= 15 is 0 Å². The van der Waals surface area contributed by atoms with E-state index in [0.717, 1.165) is 0 Å². The third kappa shape index (κ3) is 1.60. The molecule has 0 N–H and O–H groups in total. The Morgan fingerprint density at radius 3 is 2.12 bits per heavy atom. The van der Waals surface area contributed by atoms with Crippen LogP contribution in [0, 0.1) is 35.5 Å². The Morgan fingerprint density at radius 1 is 0.958 bits per heavy atom. The summed E-state index contributed by atoms with van der Waals surface area (Å²) < 4.78 is 10.7. The first kappa shape index (κ1) is 14.1. The number of amides is 2. The summed E-state index contributed by atoms with van der Waals surface area (Å²) in [6.45, 7) is 0. The molecule has 1 aromatic rings. The van der Waals surface area contributed by atoms with Gasteiger partial charge in [-0.05, 0) is 42.2 Å². The summed E-state index contributed by atoms with van der Waals surface area (Å²) in [7, 11) is 3.11. The highest BCUT2D eigenvalue weighted by Crippen LogP contribution is 2.65. The number of imide groups is 1. The molecular formula is C19H19NO4. The lowest BCUT2D eigenvalue weighted by molar-refractivity contribution is -0.124. The highest BCUT2D eigenvalue weighted by atomic mass is 16.5. The monoisotopic (exact) mass is 325 g/mol. The van der Waals surface area contributed by atoms with Crippen LogP contribution in [0.3, 0.4) is 0 Å². The third-order valence-electron chi connectivity index (χ3n) is 6.29. The maximum Gasteiger partial charge on any atom is 0.238 e. The highest BCUT2D eigenvalue weighted by molar-refractivity contribution is 6.23. The molecule has 0 unspecified atom stereocenters. The van der Waals surface area contributed by atoms with E-state index in [2.05, 4.69) is 12.2 Å². The van der Waals surface area contributed by atoms with Gasteiger partial charge in [-0.2, -0.15) is 0 Å². The molecule has 2 bridgehead atoms. The van der Waals surface area contributed by atoms with E-state index in [1.807, 2.05) is 0 Å². The highest BCUT2D eigenvalue weighted by Gasteiger charge is 2.67. The van der Waals surface area contributed by atoms with Crippen molar-refractivity contribution < 1.29 is 19.1 Å². The first-order valence-corrected chi connectivity index (χ1v) is 8.44. The fourth-order valence-corrected chi connectivity index (χ4v) is 5.17. The number of hydrogen-bond acceptors (Lipinski definition) is 4. The van der Waals surface area contributed by atoms with Crippen LogP contribution in [0.5, 0.6) is 11.5 Å². The normalized spacial score (nSPS) is 38.2. The Bertz CT molecular complexity index is 750. The quantitative estimate of drug-likeness (QED) is 0.632. The Labute approximate surface area is 140 Å². The summed E-state index contributed by atoms with van der Waals surface area (Å²) in [5.74, 6) is 2.20. The van der Waals surface area contributed by atoms with Gasteiger partial charge in [-0.25, -0.2) is 4.90 Å². The van der Waals surface area contributed by atoms with Gasteiger partial charge < -0.3 is 9.47 Å². The summed E-state index contributed by atoms with van der Waals surface area (Å²) in [6.07, 6.45) is 5.52. The van der Waals surface area contributed by atoms with Gasteiger partial charge in [-0.3, -0.25) is 9.59 Å². The minimum atomic E-state index is -0.202. The minimum Gasteiger partial charge on any atom is -0.497 e. The van der Waals surface area contributed by atoms with Gasteiger partial charge in [0.2, 0.25) is 11.8 Å². The number of nitrogens with zero attached hydrogens (tertiary/aromatic N) is 1. The van der Waals surface area contributed by atoms with Crippen molar-refractivity contribution in [2.24, 2.45) is 35.5 Å². The molecule has 5 nitrogen and oxygen atoms in total. The molecule has 0 radical (unpaired) electrons. The van der Waals surface area contributed by atoms with Crippen molar-refractivity contribution in [1.29, 1.82) is 0 Å². The molecule has 24 heavy (non-hydrogen) atoms. The van der Waals surface area contributed by atoms with Crippen molar-refractivity contribution in [1.82, 2.24) is 0 Å². The smallest absolute Gasteiger partial charge is 0.238 e. The van der Waals surface area contributed by atoms with Crippen LogP contribution in [0.15, 0.2) is 30.4 Å². The average molecular weight is 325 g/mol. The number of ether oxygens (including phenoxy) is 2. The van der Waals surface area contributed by atoms with Crippen molar-refractivity contribution in [2.75, 3.05) is 19.1 Å². The second-order valence-electron chi connectivity index (χ2n) is 7.20. The van der Waals surface area contributed by atoms with Crippen molar-refractivity contribution >= 4 is 17.5 Å². The van der Waals surface area contributed by atoms with Crippen LogP contribution < -0.4 is 14.4 Å². The largest absolute Gasteiger partial charge is 0.497 e. The molecule has 1 heterocycles. The summed E-state index contributed by atoms with van der Waals surface area (Å²) in [5, 5.41) is 0. The number of carbonyl (C=O) groups excluding carboxylic acids is 2. The number of carbonyl (C=O) groups is 2. The zero-order valence-electron chi connectivity index (χ0n) is 13.6. The van der Waals surface area contributed by atoms with Crippen LogP contribution in [0.25, 0.3) is 0 Å². The number of hydrogen-bond donors (Lipinski definition) is 0. The lowest BCUT2D eigenvalue weighted by Gasteiger charge is -2.37. The topological polar surface area (TPSA) is 55.8 Å². The Morgan fingerprint density at radius 2 is 1.58 bits per heavy atom. The van der Waals surface area contributed by atoms with Gasteiger partial charge in [0.05, 0.1) is 31.7 Å². The average Bonchev–Trinajstić information content (AvgIpc) is 3.39. The predicted octanol–water partition coefficient (Wildman–Crippen LogP) is 2.26. The number of allylic oxidation sites excluding steroid dienone is 2. The zero-order valence-corrected chi connectivity index (χ0v) is 13.6. The second kappa shape index (κ2) is 4.62. The van der Waals surface area contributed by atoms with Gasteiger partial charge >= 0.3 is 0 Å². The molecule has 0 spiro atoms. The molecule has 5 heteroatoms. The number of anilines is 1. The Hall–Kier alpha value is -2.30. The van der Waals surface area contributed by atoms with Crippen LogP contribution in [0.4, 0.5) is 5.69 Å². The zero-order chi connectivity index (χ0) is 16.6. The molecule has 1 aliphatic heterocycles. The van der Waals surface area contributed by atoms with E-state index in [0.29, 0.717) is 29.0 Å². The standard InChI is InChI=1S/C19H19NO4/c1-23-9-3-6-15(24-2)14(7-9)20-18(21)16-10-4-5-11(13-8-12(10)13)17(16)19(20)22/h3-7,10-13,16-17H,8H2,1-2H3/t10-,11-,12-,13+,16-,17+/m1/s1. The molecule has 1 saturated heterocycles. The molecular weight excluding hydrogens is 306 g/mol. The molecule has 2 amide bonds. The van der Waals surface area contributed by atoms with Gasteiger partial charge in [0.1, 0.15) is 11.5 Å². The summed E-state index contributed by atoms with van der Waals surface area (Å²) in [6, 6.07) is 5.21. The van der Waals surface area contributed by atoms with E-state index < -0.39 is 0 Å². The molecule has 4 aliphatic carbocycles. The van der Waals surface area contributed by atoms with Crippen molar-refractivity contribution in [3.63, 3.8) is 0 Å². The number of rotatable bonds is 3. The van der Waals surface area contributed by atoms with E-state index in [1.54, 1.807) is 32.4 Å². The lowest BCUT2D eigenvalue weighted by atomic mass is 9.63.